The number of carbonyl (C=O) groups excluding carboxylic acids is 2. The number of rotatable bonds is 8. The summed E-state index contributed by atoms with van der Waals surface area (Å²) in [6.45, 7) is 8.23. The van der Waals surface area contributed by atoms with E-state index in [9.17, 15) is 9.59 Å². The lowest BCUT2D eigenvalue weighted by Crippen LogP contribution is -2.32. The molecule has 1 N–H and O–H groups in total. The maximum Gasteiger partial charge on any atom is 0.282 e. The molecule has 0 unspecified atom stereocenters. The van der Waals surface area contributed by atoms with Gasteiger partial charge in [-0.15, -0.1) is 0 Å². The molecule has 0 aromatic heterocycles. The quantitative estimate of drug-likeness (QED) is 0.449. The summed E-state index contributed by atoms with van der Waals surface area (Å²) in [6, 6.07) is 21.9. The summed E-state index contributed by atoms with van der Waals surface area (Å²) in [5, 5.41) is 3.19. The first kappa shape index (κ1) is 23.1. The number of nitrogens with one attached hydrogen (secondary N) is 1. The van der Waals surface area contributed by atoms with Crippen LogP contribution in [0.1, 0.15) is 31.9 Å². The van der Waals surface area contributed by atoms with Gasteiger partial charge in [-0.3, -0.25) is 9.59 Å². The average Bonchev–Trinajstić information content (AvgIpc) is 3.05. The molecule has 1 heterocycles. The predicted octanol–water partition coefficient (Wildman–Crippen LogP) is 5.58. The van der Waals surface area contributed by atoms with Gasteiger partial charge in [-0.25, -0.2) is 4.90 Å². The van der Waals surface area contributed by atoms with Gasteiger partial charge in [0.05, 0.1) is 29.7 Å². The molecule has 1 aliphatic heterocycles. The van der Waals surface area contributed by atoms with E-state index in [1.165, 1.54) is 4.90 Å². The van der Waals surface area contributed by atoms with E-state index < -0.39 is 5.91 Å². The number of ether oxygens (including phenoxy) is 2. The van der Waals surface area contributed by atoms with Crippen LogP contribution in [0.3, 0.4) is 0 Å². The van der Waals surface area contributed by atoms with Gasteiger partial charge in [-0.05, 0) is 69.7 Å². The Morgan fingerprint density at radius 1 is 0.882 bits per heavy atom. The van der Waals surface area contributed by atoms with E-state index in [1.54, 1.807) is 36.4 Å². The molecule has 34 heavy (non-hydrogen) atoms. The van der Waals surface area contributed by atoms with Crippen molar-refractivity contribution < 1.29 is 19.1 Å². The third kappa shape index (κ3) is 4.66. The van der Waals surface area contributed by atoms with Gasteiger partial charge in [0.1, 0.15) is 17.2 Å². The molecule has 0 spiro atoms. The van der Waals surface area contributed by atoms with Crippen LogP contribution < -0.4 is 19.7 Å². The zero-order valence-electron chi connectivity index (χ0n) is 19.8. The molecule has 0 saturated heterocycles. The van der Waals surface area contributed by atoms with Gasteiger partial charge >= 0.3 is 0 Å². The Kier molecular flexibility index (Phi) is 6.68. The molecule has 6 nitrogen and oxygen atoms in total. The van der Waals surface area contributed by atoms with Crippen LogP contribution in [0, 0.1) is 6.92 Å². The fourth-order valence-corrected chi connectivity index (χ4v) is 3.80. The smallest absolute Gasteiger partial charge is 0.282 e. The molecular formula is C28H28N2O4. The third-order valence-corrected chi connectivity index (χ3v) is 5.34. The Balaban J connectivity index is 1.79. The molecule has 0 saturated carbocycles. The van der Waals surface area contributed by atoms with Crippen LogP contribution in [0.15, 0.2) is 78.5 Å². The van der Waals surface area contributed by atoms with E-state index in [-0.39, 0.29) is 17.7 Å². The van der Waals surface area contributed by atoms with Gasteiger partial charge in [0, 0.05) is 0 Å². The normalized spacial score (nSPS) is 13.6. The molecule has 3 aromatic rings. The number of hydrogen-bond acceptors (Lipinski definition) is 5. The predicted molar refractivity (Wildman–Crippen MR) is 134 cm³/mol. The van der Waals surface area contributed by atoms with Crippen molar-refractivity contribution in [3.63, 3.8) is 0 Å². The molecule has 0 aliphatic carbocycles. The molecule has 4 rings (SSSR count). The van der Waals surface area contributed by atoms with Crippen molar-refractivity contribution in [2.45, 2.75) is 33.8 Å². The number of amides is 2. The summed E-state index contributed by atoms with van der Waals surface area (Å²) < 4.78 is 11.5. The second-order valence-electron chi connectivity index (χ2n) is 8.28. The number of benzene rings is 3. The van der Waals surface area contributed by atoms with E-state index in [2.05, 4.69) is 5.32 Å². The minimum absolute atomic E-state index is 0.0316. The summed E-state index contributed by atoms with van der Waals surface area (Å²) in [5.41, 5.74) is 3.31. The van der Waals surface area contributed by atoms with Crippen molar-refractivity contribution in [1.29, 1.82) is 0 Å². The SMILES string of the molecule is CCOc1ccccc1NC1=C(c2ccc(OC(C)C)cc2)C(=O)N(c2ccc(C)cc2)C1=O. The lowest BCUT2D eigenvalue weighted by atomic mass is 10.0. The van der Waals surface area contributed by atoms with Gasteiger partial charge in [-0.1, -0.05) is 42.0 Å². The summed E-state index contributed by atoms with van der Waals surface area (Å²) in [4.78, 5) is 28.4. The Bertz CT molecular complexity index is 1230. The third-order valence-electron chi connectivity index (χ3n) is 5.34. The molecule has 3 aromatic carbocycles. The number of imide groups is 1. The van der Waals surface area contributed by atoms with Gasteiger partial charge in [0.15, 0.2) is 0 Å². The first-order valence-corrected chi connectivity index (χ1v) is 11.3. The Morgan fingerprint density at radius 3 is 2.21 bits per heavy atom. The Hall–Kier alpha value is -4.06. The number of nitrogens with zero attached hydrogens (tertiary/aromatic N) is 1. The van der Waals surface area contributed by atoms with Gasteiger partial charge < -0.3 is 14.8 Å². The van der Waals surface area contributed by atoms with Crippen molar-refractivity contribution in [3.05, 3.63) is 89.6 Å². The average molecular weight is 457 g/mol. The Morgan fingerprint density at radius 2 is 1.56 bits per heavy atom. The minimum atomic E-state index is -0.419. The fourth-order valence-electron chi connectivity index (χ4n) is 3.80. The van der Waals surface area contributed by atoms with Crippen LogP contribution in [0.2, 0.25) is 0 Å². The first-order chi connectivity index (χ1) is 16.4. The van der Waals surface area contributed by atoms with E-state index in [4.69, 9.17) is 9.47 Å². The minimum Gasteiger partial charge on any atom is -0.492 e. The lowest BCUT2D eigenvalue weighted by Gasteiger charge is -2.16. The molecule has 1 aliphatic rings. The number of para-hydroxylation sites is 2. The van der Waals surface area contributed by atoms with Crippen LogP contribution in [0.4, 0.5) is 11.4 Å². The van der Waals surface area contributed by atoms with Gasteiger partial charge in [0.25, 0.3) is 11.8 Å². The fraction of sp³-hybridized carbons (Fsp3) is 0.214. The molecule has 0 atom stereocenters. The zero-order valence-corrected chi connectivity index (χ0v) is 19.8. The summed E-state index contributed by atoms with van der Waals surface area (Å²) >= 11 is 0. The molecule has 6 heteroatoms. The first-order valence-electron chi connectivity index (χ1n) is 11.3. The van der Waals surface area contributed by atoms with Gasteiger partial charge in [0.2, 0.25) is 0 Å². The summed E-state index contributed by atoms with van der Waals surface area (Å²) in [7, 11) is 0. The van der Waals surface area contributed by atoms with Crippen molar-refractivity contribution in [2.75, 3.05) is 16.8 Å². The van der Waals surface area contributed by atoms with Crippen LogP contribution >= 0.6 is 0 Å². The number of anilines is 2. The van der Waals surface area contributed by atoms with E-state index in [1.807, 2.05) is 64.1 Å². The highest BCUT2D eigenvalue weighted by molar-refractivity contribution is 6.46. The van der Waals surface area contributed by atoms with E-state index >= 15 is 0 Å². The highest BCUT2D eigenvalue weighted by Crippen LogP contribution is 2.36. The molecular weight excluding hydrogens is 428 g/mol. The van der Waals surface area contributed by atoms with Crippen LogP contribution in [-0.4, -0.2) is 24.5 Å². The van der Waals surface area contributed by atoms with Crippen molar-refractivity contribution in [3.8, 4) is 11.5 Å². The van der Waals surface area contributed by atoms with Crippen LogP contribution in [0.5, 0.6) is 11.5 Å². The van der Waals surface area contributed by atoms with Crippen molar-refractivity contribution >= 4 is 28.8 Å². The standard InChI is InChI=1S/C28H28N2O4/c1-5-33-24-9-7-6-8-23(24)29-26-25(20-12-16-22(17-13-20)34-18(2)3)27(31)30(28(26)32)21-14-10-19(4)11-15-21/h6-18,29H,5H2,1-4H3. The second-order valence-corrected chi connectivity index (χ2v) is 8.28. The maximum atomic E-state index is 13.6. The largest absolute Gasteiger partial charge is 0.492 e. The monoisotopic (exact) mass is 456 g/mol. The van der Waals surface area contributed by atoms with Crippen molar-refractivity contribution in [2.24, 2.45) is 0 Å². The number of carbonyl (C=O) groups is 2. The van der Waals surface area contributed by atoms with Crippen molar-refractivity contribution in [1.82, 2.24) is 0 Å². The highest BCUT2D eigenvalue weighted by atomic mass is 16.5. The molecule has 2 amide bonds. The molecule has 0 fully saturated rings. The summed E-state index contributed by atoms with van der Waals surface area (Å²) in [5.74, 6) is 0.495. The highest BCUT2D eigenvalue weighted by Gasteiger charge is 2.40. The van der Waals surface area contributed by atoms with Gasteiger partial charge in [-0.2, -0.15) is 0 Å². The van der Waals surface area contributed by atoms with Crippen LogP contribution in [-0.2, 0) is 9.59 Å². The lowest BCUT2D eigenvalue weighted by molar-refractivity contribution is -0.120. The topological polar surface area (TPSA) is 67.9 Å². The zero-order chi connectivity index (χ0) is 24.2. The number of hydrogen-bond donors (Lipinski definition) is 1. The maximum absolute atomic E-state index is 13.6. The number of aryl methyl sites for hydroxylation is 1. The molecule has 174 valence electrons. The van der Waals surface area contributed by atoms with E-state index in [0.717, 1.165) is 5.56 Å². The molecule has 0 bridgehead atoms. The molecule has 0 radical (unpaired) electrons. The summed E-state index contributed by atoms with van der Waals surface area (Å²) in [6.07, 6.45) is 0.0316. The van der Waals surface area contributed by atoms with Crippen LogP contribution in [0.25, 0.3) is 5.57 Å². The van der Waals surface area contributed by atoms with E-state index in [0.29, 0.717) is 40.6 Å². The Labute approximate surface area is 199 Å². The second kappa shape index (κ2) is 9.83.